The van der Waals surface area contributed by atoms with Crippen LogP contribution in [0.3, 0.4) is 0 Å². The fourth-order valence-corrected chi connectivity index (χ4v) is 2.66. The Hall–Kier alpha value is -3.48. The monoisotopic (exact) mass is 353 g/mol. The van der Waals surface area contributed by atoms with Gasteiger partial charge in [0.25, 0.3) is 11.8 Å². The highest BCUT2D eigenvalue weighted by Gasteiger charge is 2.36. The normalized spacial score (nSPS) is 14.0. The smallest absolute Gasteiger partial charge is 0.277 e. The van der Waals surface area contributed by atoms with Crippen molar-refractivity contribution in [3.05, 3.63) is 65.6 Å². The molecule has 2 aromatic rings. The lowest BCUT2D eigenvalue weighted by Gasteiger charge is -2.09. The van der Waals surface area contributed by atoms with E-state index < -0.39 is 17.6 Å². The van der Waals surface area contributed by atoms with Crippen molar-refractivity contribution in [3.8, 4) is 0 Å². The van der Waals surface area contributed by atoms with E-state index in [4.69, 9.17) is 0 Å². The second-order valence-corrected chi connectivity index (χ2v) is 5.81. The zero-order valence-corrected chi connectivity index (χ0v) is 14.2. The lowest BCUT2D eigenvalue weighted by atomic mass is 10.0. The molecule has 0 unspecified atom stereocenters. The summed E-state index contributed by atoms with van der Waals surface area (Å²) in [5, 5.41) is 5.48. The van der Waals surface area contributed by atoms with Gasteiger partial charge >= 0.3 is 0 Å². The molecule has 1 aliphatic rings. The third-order valence-electron chi connectivity index (χ3n) is 3.87. The van der Waals surface area contributed by atoms with E-state index >= 15 is 0 Å². The number of halogens is 1. The Labute approximate surface area is 149 Å². The number of nitrogens with zero attached hydrogens (tertiary/aromatic N) is 1. The van der Waals surface area contributed by atoms with Crippen molar-refractivity contribution < 1.29 is 18.8 Å². The van der Waals surface area contributed by atoms with E-state index in [1.165, 1.54) is 32.2 Å². The Kier molecular flexibility index (Phi) is 4.53. The summed E-state index contributed by atoms with van der Waals surface area (Å²) in [6, 6.07) is 12.2. The largest absolute Gasteiger partial charge is 0.350 e. The van der Waals surface area contributed by atoms with Crippen LogP contribution in [0.1, 0.15) is 12.5 Å². The van der Waals surface area contributed by atoms with Gasteiger partial charge in [-0.3, -0.25) is 19.3 Å². The van der Waals surface area contributed by atoms with Gasteiger partial charge in [0.2, 0.25) is 5.91 Å². The molecule has 3 amide bonds. The van der Waals surface area contributed by atoms with E-state index in [0.29, 0.717) is 16.9 Å². The first-order valence-electron chi connectivity index (χ1n) is 7.84. The zero-order chi connectivity index (χ0) is 18.8. The molecule has 132 valence electrons. The minimum Gasteiger partial charge on any atom is -0.350 e. The number of hydrogen-bond donors (Lipinski definition) is 2. The molecule has 0 aromatic heterocycles. The van der Waals surface area contributed by atoms with Gasteiger partial charge in [0.05, 0.1) is 5.57 Å². The van der Waals surface area contributed by atoms with Gasteiger partial charge in [-0.25, -0.2) is 4.39 Å². The molecule has 7 heteroatoms. The van der Waals surface area contributed by atoms with Crippen LogP contribution in [0, 0.1) is 5.82 Å². The number of likely N-dealkylation sites (N-methyl/N-ethyl adjacent to an activating group) is 1. The van der Waals surface area contributed by atoms with Crippen molar-refractivity contribution in [2.45, 2.75) is 6.92 Å². The van der Waals surface area contributed by atoms with Crippen molar-refractivity contribution in [2.75, 3.05) is 17.7 Å². The molecule has 1 aliphatic heterocycles. The number of anilines is 2. The van der Waals surface area contributed by atoms with Crippen LogP contribution in [0.25, 0.3) is 5.57 Å². The molecule has 26 heavy (non-hydrogen) atoms. The Morgan fingerprint density at radius 1 is 1.00 bits per heavy atom. The Bertz CT molecular complexity index is 935. The minimum absolute atomic E-state index is 0.0791. The van der Waals surface area contributed by atoms with Gasteiger partial charge < -0.3 is 10.6 Å². The highest BCUT2D eigenvalue weighted by molar-refractivity contribution is 6.36. The third kappa shape index (κ3) is 3.32. The first-order chi connectivity index (χ1) is 12.4. The maximum Gasteiger partial charge on any atom is 0.277 e. The zero-order valence-electron chi connectivity index (χ0n) is 14.2. The summed E-state index contributed by atoms with van der Waals surface area (Å²) in [4.78, 5) is 37.1. The predicted octanol–water partition coefficient (Wildman–Crippen LogP) is 2.61. The standard InChI is InChI=1S/C19H16FN3O3/c1-11(24)21-14-8-6-12(7-9-14)16-17(19(26)23(2)18(16)25)22-15-5-3-4-13(20)10-15/h3-10,22H,1-2H3,(H,21,24). The number of hydrogen-bond acceptors (Lipinski definition) is 4. The molecule has 0 radical (unpaired) electrons. The maximum atomic E-state index is 13.4. The average Bonchev–Trinajstić information content (AvgIpc) is 2.80. The highest BCUT2D eigenvalue weighted by atomic mass is 19.1. The number of imide groups is 1. The van der Waals surface area contributed by atoms with E-state index in [-0.39, 0.29) is 17.2 Å². The summed E-state index contributed by atoms with van der Waals surface area (Å²) in [5.41, 5.74) is 1.72. The molecule has 2 N–H and O–H groups in total. The summed E-state index contributed by atoms with van der Waals surface area (Å²) < 4.78 is 13.4. The molecule has 0 bridgehead atoms. The Balaban J connectivity index is 2.01. The van der Waals surface area contributed by atoms with Crippen molar-refractivity contribution in [1.29, 1.82) is 0 Å². The van der Waals surface area contributed by atoms with Crippen molar-refractivity contribution in [1.82, 2.24) is 4.90 Å². The fourth-order valence-electron chi connectivity index (χ4n) is 2.66. The average molecular weight is 353 g/mol. The van der Waals surface area contributed by atoms with E-state index in [9.17, 15) is 18.8 Å². The van der Waals surface area contributed by atoms with E-state index in [1.807, 2.05) is 0 Å². The minimum atomic E-state index is -0.500. The third-order valence-corrected chi connectivity index (χ3v) is 3.87. The van der Waals surface area contributed by atoms with Crippen LogP contribution in [0.4, 0.5) is 15.8 Å². The van der Waals surface area contributed by atoms with Gasteiger partial charge in [-0.1, -0.05) is 18.2 Å². The Morgan fingerprint density at radius 2 is 1.69 bits per heavy atom. The Morgan fingerprint density at radius 3 is 2.31 bits per heavy atom. The first kappa shape index (κ1) is 17.3. The second kappa shape index (κ2) is 6.79. The molecule has 1 heterocycles. The van der Waals surface area contributed by atoms with Crippen LogP contribution < -0.4 is 10.6 Å². The SMILES string of the molecule is CC(=O)Nc1ccc(C2=C(Nc3cccc(F)c3)C(=O)N(C)C2=O)cc1. The summed E-state index contributed by atoms with van der Waals surface area (Å²) in [6.07, 6.45) is 0. The molecular weight excluding hydrogens is 337 g/mol. The van der Waals surface area contributed by atoms with Crippen LogP contribution in [-0.2, 0) is 14.4 Å². The molecule has 2 aromatic carbocycles. The predicted molar refractivity (Wildman–Crippen MR) is 95.5 cm³/mol. The lowest BCUT2D eigenvalue weighted by molar-refractivity contribution is -0.135. The van der Waals surface area contributed by atoms with Crippen LogP contribution >= 0.6 is 0 Å². The molecule has 0 fully saturated rings. The van der Waals surface area contributed by atoms with Crippen molar-refractivity contribution >= 4 is 34.7 Å². The van der Waals surface area contributed by atoms with Crippen LogP contribution in [0.15, 0.2) is 54.2 Å². The van der Waals surface area contributed by atoms with Crippen LogP contribution in [0.5, 0.6) is 0 Å². The molecule has 0 spiro atoms. The number of amides is 3. The van der Waals surface area contributed by atoms with E-state index in [2.05, 4.69) is 10.6 Å². The van der Waals surface area contributed by atoms with Gasteiger partial charge in [-0.2, -0.15) is 0 Å². The quantitative estimate of drug-likeness (QED) is 0.828. The van der Waals surface area contributed by atoms with Gasteiger partial charge in [-0.15, -0.1) is 0 Å². The fraction of sp³-hybridized carbons (Fsp3) is 0.105. The first-order valence-corrected chi connectivity index (χ1v) is 7.84. The summed E-state index contributed by atoms with van der Waals surface area (Å²) in [5.74, 6) is -1.62. The summed E-state index contributed by atoms with van der Waals surface area (Å²) >= 11 is 0. The molecule has 6 nitrogen and oxygen atoms in total. The van der Waals surface area contributed by atoms with Crippen LogP contribution in [-0.4, -0.2) is 29.7 Å². The molecular formula is C19H16FN3O3. The van der Waals surface area contributed by atoms with Gasteiger partial charge in [-0.05, 0) is 35.9 Å². The number of carbonyl (C=O) groups is 3. The second-order valence-electron chi connectivity index (χ2n) is 5.81. The molecule has 0 atom stereocenters. The number of nitrogens with one attached hydrogen (secondary N) is 2. The van der Waals surface area contributed by atoms with Crippen molar-refractivity contribution in [3.63, 3.8) is 0 Å². The maximum absolute atomic E-state index is 13.4. The lowest BCUT2D eigenvalue weighted by Crippen LogP contribution is -2.27. The highest BCUT2D eigenvalue weighted by Crippen LogP contribution is 2.30. The topological polar surface area (TPSA) is 78.5 Å². The van der Waals surface area contributed by atoms with Crippen LogP contribution in [0.2, 0.25) is 0 Å². The van der Waals surface area contributed by atoms with E-state index in [0.717, 1.165) is 4.90 Å². The van der Waals surface area contributed by atoms with Crippen molar-refractivity contribution in [2.24, 2.45) is 0 Å². The van der Waals surface area contributed by atoms with Gasteiger partial charge in [0.15, 0.2) is 0 Å². The molecule has 0 aliphatic carbocycles. The molecule has 0 saturated carbocycles. The van der Waals surface area contributed by atoms with Gasteiger partial charge in [0.1, 0.15) is 11.5 Å². The number of rotatable bonds is 4. The number of benzene rings is 2. The molecule has 0 saturated heterocycles. The summed E-state index contributed by atoms with van der Waals surface area (Å²) in [6.45, 7) is 1.39. The molecule has 3 rings (SSSR count). The van der Waals surface area contributed by atoms with Gasteiger partial charge in [0, 0.05) is 25.3 Å². The summed E-state index contributed by atoms with van der Waals surface area (Å²) in [7, 11) is 1.39. The van der Waals surface area contributed by atoms with E-state index in [1.54, 1.807) is 30.3 Å². The number of carbonyl (C=O) groups excluding carboxylic acids is 3.